The van der Waals surface area contributed by atoms with Crippen molar-refractivity contribution in [1.29, 1.82) is 0 Å². The van der Waals surface area contributed by atoms with Crippen LogP contribution in [0.4, 0.5) is 17.1 Å². The molecule has 3 heterocycles. The summed E-state index contributed by atoms with van der Waals surface area (Å²) in [5.41, 5.74) is 0.350. The van der Waals surface area contributed by atoms with E-state index < -0.39 is 46.1 Å². The number of nitrogens with one attached hydrogen (secondary N) is 2. The second-order valence-electron chi connectivity index (χ2n) is 9.38. The first-order valence-corrected chi connectivity index (χ1v) is 11.8. The summed E-state index contributed by atoms with van der Waals surface area (Å²) >= 11 is 0. The molecule has 37 heavy (non-hydrogen) atoms. The number of amides is 3. The van der Waals surface area contributed by atoms with Crippen molar-refractivity contribution in [2.75, 3.05) is 17.3 Å². The number of methoxy groups -OCH3 is 1. The van der Waals surface area contributed by atoms with Crippen LogP contribution in [-0.4, -0.2) is 35.8 Å². The Balaban J connectivity index is 1.52. The molecule has 0 aromatic heterocycles. The number of ether oxygens (including phenoxy) is 1. The minimum absolute atomic E-state index is 0.0126. The smallest absolute Gasteiger partial charge is 0.271 e. The number of hydrogen-bond donors (Lipinski definition) is 2. The van der Waals surface area contributed by atoms with Crippen LogP contribution in [0, 0.1) is 22.0 Å². The molecule has 186 valence electrons. The van der Waals surface area contributed by atoms with Crippen LogP contribution in [0.15, 0.2) is 72.8 Å². The standard InChI is InChI=1S/C27H22N4O6/c1-37-21-12-11-16(31(35)36)14-20(21)30-24(32)22-19(13-15-7-3-2-4-8-15)29-27(23(22)25(30)33)17-9-5-6-10-18(17)28-26(27)34/h2-12,14,19,22-23,29H,13H2,1H3,(H,28,34)/t19-,22-,23-,27-/m0/s1. The Labute approximate surface area is 211 Å². The minimum atomic E-state index is -1.46. The summed E-state index contributed by atoms with van der Waals surface area (Å²) in [6, 6.07) is 19.8. The summed E-state index contributed by atoms with van der Waals surface area (Å²) in [6.07, 6.45) is 0.401. The molecule has 2 fully saturated rings. The highest BCUT2D eigenvalue weighted by Gasteiger charge is 2.70. The lowest BCUT2D eigenvalue weighted by molar-refractivity contribution is -0.384. The topological polar surface area (TPSA) is 131 Å². The Morgan fingerprint density at radius 3 is 2.46 bits per heavy atom. The van der Waals surface area contributed by atoms with E-state index in [4.69, 9.17) is 4.74 Å². The number of fused-ring (bicyclic) bond motifs is 4. The number of nitro benzene ring substituents is 1. The van der Waals surface area contributed by atoms with E-state index in [2.05, 4.69) is 10.6 Å². The zero-order valence-electron chi connectivity index (χ0n) is 19.7. The third-order valence-electron chi connectivity index (χ3n) is 7.54. The molecule has 3 aliphatic rings. The van der Waals surface area contributed by atoms with Gasteiger partial charge in [-0.1, -0.05) is 48.5 Å². The molecular weight excluding hydrogens is 476 g/mol. The Morgan fingerprint density at radius 2 is 1.73 bits per heavy atom. The van der Waals surface area contributed by atoms with E-state index in [-0.39, 0.29) is 17.1 Å². The number of carbonyl (C=O) groups excluding carboxylic acids is 3. The second-order valence-corrected chi connectivity index (χ2v) is 9.38. The summed E-state index contributed by atoms with van der Waals surface area (Å²) in [4.78, 5) is 53.6. The molecule has 3 aromatic carbocycles. The van der Waals surface area contributed by atoms with Crippen LogP contribution in [0.3, 0.4) is 0 Å². The number of nitrogens with zero attached hydrogens (tertiary/aromatic N) is 2. The van der Waals surface area contributed by atoms with E-state index in [1.807, 2.05) is 30.3 Å². The molecule has 4 atom stereocenters. The van der Waals surface area contributed by atoms with Gasteiger partial charge in [-0.15, -0.1) is 0 Å². The first-order valence-electron chi connectivity index (χ1n) is 11.8. The monoisotopic (exact) mass is 498 g/mol. The fourth-order valence-corrected chi connectivity index (χ4v) is 6.01. The lowest BCUT2D eigenvalue weighted by atomic mass is 9.76. The third kappa shape index (κ3) is 3.19. The largest absolute Gasteiger partial charge is 0.495 e. The predicted molar refractivity (Wildman–Crippen MR) is 133 cm³/mol. The summed E-state index contributed by atoms with van der Waals surface area (Å²) in [6.45, 7) is 0. The SMILES string of the molecule is COc1ccc([N+](=O)[O-])cc1N1C(=O)[C@H]2[C@H](Cc3ccccc3)N[C@]3(C(=O)Nc4ccccc43)[C@@H]2C1=O. The first kappa shape index (κ1) is 22.9. The molecule has 10 nitrogen and oxygen atoms in total. The highest BCUT2D eigenvalue weighted by molar-refractivity contribution is 6.26. The molecule has 0 saturated carbocycles. The zero-order chi connectivity index (χ0) is 25.9. The van der Waals surface area contributed by atoms with Crippen molar-refractivity contribution in [2.24, 2.45) is 11.8 Å². The lowest BCUT2D eigenvalue weighted by Crippen LogP contribution is -2.53. The van der Waals surface area contributed by atoms with Crippen molar-refractivity contribution < 1.29 is 24.0 Å². The van der Waals surface area contributed by atoms with Gasteiger partial charge in [0.15, 0.2) is 0 Å². The van der Waals surface area contributed by atoms with Crippen LogP contribution in [0.5, 0.6) is 5.75 Å². The number of para-hydroxylation sites is 1. The van der Waals surface area contributed by atoms with Crippen molar-refractivity contribution in [2.45, 2.75) is 18.0 Å². The lowest BCUT2D eigenvalue weighted by Gasteiger charge is -2.29. The molecule has 2 saturated heterocycles. The minimum Gasteiger partial charge on any atom is -0.495 e. The van der Waals surface area contributed by atoms with E-state index >= 15 is 0 Å². The average molecular weight is 498 g/mol. The van der Waals surface area contributed by atoms with Gasteiger partial charge in [-0.25, -0.2) is 4.90 Å². The molecule has 0 radical (unpaired) electrons. The maximum absolute atomic E-state index is 14.1. The number of nitro groups is 1. The molecule has 0 unspecified atom stereocenters. The normalized spacial score (nSPS) is 25.8. The van der Waals surface area contributed by atoms with Gasteiger partial charge in [0.2, 0.25) is 17.7 Å². The highest BCUT2D eigenvalue weighted by Crippen LogP contribution is 2.54. The average Bonchev–Trinajstić information content (AvgIpc) is 3.48. The van der Waals surface area contributed by atoms with Crippen LogP contribution in [0.25, 0.3) is 0 Å². The molecule has 0 bridgehead atoms. The molecule has 6 rings (SSSR count). The molecule has 3 amide bonds. The number of carbonyl (C=O) groups is 3. The Kier molecular flexibility index (Phi) is 5.09. The number of rotatable bonds is 5. The Morgan fingerprint density at radius 1 is 1.00 bits per heavy atom. The second kappa shape index (κ2) is 8.24. The zero-order valence-corrected chi connectivity index (χ0v) is 19.7. The van der Waals surface area contributed by atoms with Crippen LogP contribution in [0.2, 0.25) is 0 Å². The molecular formula is C27H22N4O6. The maximum atomic E-state index is 14.1. The van der Waals surface area contributed by atoms with Gasteiger partial charge in [0.05, 0.1) is 23.9 Å². The van der Waals surface area contributed by atoms with Crippen LogP contribution in [-0.2, 0) is 26.3 Å². The van der Waals surface area contributed by atoms with Crippen LogP contribution >= 0.6 is 0 Å². The van der Waals surface area contributed by atoms with Gasteiger partial charge in [0.1, 0.15) is 17.0 Å². The van der Waals surface area contributed by atoms with Gasteiger partial charge >= 0.3 is 0 Å². The fourth-order valence-electron chi connectivity index (χ4n) is 6.01. The highest BCUT2D eigenvalue weighted by atomic mass is 16.6. The molecule has 10 heteroatoms. The van der Waals surface area contributed by atoms with E-state index in [0.717, 1.165) is 16.5 Å². The number of benzene rings is 3. The number of anilines is 2. The number of hydrogen-bond acceptors (Lipinski definition) is 7. The van der Waals surface area contributed by atoms with Gasteiger partial charge in [-0.05, 0) is 24.1 Å². The van der Waals surface area contributed by atoms with E-state index in [1.165, 1.54) is 19.2 Å². The van der Waals surface area contributed by atoms with Gasteiger partial charge in [0.25, 0.3) is 5.69 Å². The van der Waals surface area contributed by atoms with Gasteiger partial charge < -0.3 is 10.1 Å². The van der Waals surface area contributed by atoms with Crippen molar-refractivity contribution in [3.8, 4) is 5.75 Å². The molecule has 3 aromatic rings. The van der Waals surface area contributed by atoms with Gasteiger partial charge in [0, 0.05) is 29.4 Å². The van der Waals surface area contributed by atoms with Crippen molar-refractivity contribution in [1.82, 2.24) is 5.32 Å². The third-order valence-corrected chi connectivity index (χ3v) is 7.54. The number of non-ortho nitro benzene ring substituents is 1. The summed E-state index contributed by atoms with van der Waals surface area (Å²) < 4.78 is 5.36. The van der Waals surface area contributed by atoms with Crippen LogP contribution in [0.1, 0.15) is 11.1 Å². The van der Waals surface area contributed by atoms with Crippen molar-refractivity contribution >= 4 is 34.8 Å². The summed E-state index contributed by atoms with van der Waals surface area (Å²) in [5.74, 6) is -3.34. The number of imide groups is 1. The van der Waals surface area contributed by atoms with Gasteiger partial charge in [-0.3, -0.25) is 29.8 Å². The fraction of sp³-hybridized carbons (Fsp3) is 0.222. The Hall–Kier alpha value is -4.57. The van der Waals surface area contributed by atoms with E-state index in [1.54, 1.807) is 24.3 Å². The van der Waals surface area contributed by atoms with E-state index in [0.29, 0.717) is 17.7 Å². The first-order chi connectivity index (χ1) is 17.9. The quantitative estimate of drug-likeness (QED) is 0.314. The van der Waals surface area contributed by atoms with E-state index in [9.17, 15) is 24.5 Å². The molecule has 0 aliphatic carbocycles. The molecule has 3 aliphatic heterocycles. The van der Waals surface area contributed by atoms with Gasteiger partial charge in [-0.2, -0.15) is 0 Å². The molecule has 1 spiro atoms. The summed E-state index contributed by atoms with van der Waals surface area (Å²) in [5, 5.41) is 17.7. The predicted octanol–water partition coefficient (Wildman–Crippen LogP) is 2.77. The van der Waals surface area contributed by atoms with Crippen LogP contribution < -0.4 is 20.3 Å². The summed E-state index contributed by atoms with van der Waals surface area (Å²) in [7, 11) is 1.36. The van der Waals surface area contributed by atoms with Crippen molar-refractivity contribution in [3.05, 3.63) is 94.0 Å². The van der Waals surface area contributed by atoms with Crippen molar-refractivity contribution in [3.63, 3.8) is 0 Å². The Bertz CT molecular complexity index is 1470. The maximum Gasteiger partial charge on any atom is 0.271 e. The molecule has 2 N–H and O–H groups in total.